The zero-order valence-electron chi connectivity index (χ0n) is 27.3. The number of alkyl carbamates (subject to hydrolysis) is 1. The van der Waals surface area contributed by atoms with Crippen LogP contribution in [0.15, 0.2) is 83.9 Å². The van der Waals surface area contributed by atoms with E-state index in [0.29, 0.717) is 24.8 Å². The van der Waals surface area contributed by atoms with Gasteiger partial charge in [0.15, 0.2) is 12.1 Å². The van der Waals surface area contributed by atoms with Crippen molar-refractivity contribution in [1.29, 1.82) is 0 Å². The number of nitrogens with one attached hydrogen (secondary N) is 1. The molecule has 11 heteroatoms. The summed E-state index contributed by atoms with van der Waals surface area (Å²) >= 11 is 0. The lowest BCUT2D eigenvalue weighted by atomic mass is 9.91. The Labute approximate surface area is 276 Å². The predicted octanol–water partition coefficient (Wildman–Crippen LogP) is 5.12. The van der Waals surface area contributed by atoms with Gasteiger partial charge in [0.25, 0.3) is 0 Å². The number of hydrogen-bond acceptors (Lipinski definition) is 8. The summed E-state index contributed by atoms with van der Waals surface area (Å²) in [6.45, 7) is 6.67. The highest BCUT2D eigenvalue weighted by Gasteiger charge is 2.29. The third-order valence-electron chi connectivity index (χ3n) is 8.22. The van der Waals surface area contributed by atoms with Gasteiger partial charge in [-0.1, -0.05) is 66.7 Å². The van der Waals surface area contributed by atoms with Gasteiger partial charge >= 0.3 is 12.1 Å². The molecular weight excluding hydrogens is 598 g/mol. The van der Waals surface area contributed by atoms with Crippen LogP contribution in [0.4, 0.5) is 4.79 Å². The average molecular weight is 644 g/mol. The first-order chi connectivity index (χ1) is 22.6. The first-order valence-electron chi connectivity index (χ1n) is 16.1. The van der Waals surface area contributed by atoms with Crippen LogP contribution in [-0.2, 0) is 32.2 Å². The van der Waals surface area contributed by atoms with Gasteiger partial charge in [0.1, 0.15) is 18.0 Å². The predicted molar refractivity (Wildman–Crippen MR) is 178 cm³/mol. The maximum absolute atomic E-state index is 13.2. The molecule has 250 valence electrons. The van der Waals surface area contributed by atoms with E-state index in [1.54, 1.807) is 0 Å². The zero-order chi connectivity index (χ0) is 33.4. The number of benzene rings is 3. The number of ether oxygens (including phenoxy) is 3. The molecule has 11 nitrogen and oxygen atoms in total. The van der Waals surface area contributed by atoms with Crippen molar-refractivity contribution in [2.45, 2.75) is 89.4 Å². The van der Waals surface area contributed by atoms with E-state index >= 15 is 0 Å². The SMILES string of the molecule is CC(C)(C)OC(=O)NC1CCC(N=C(N)N2Cc3ccc(OC[C@H](ON)C(=O)OC(c4ccccc4)c4ccccc4)cc3C2)CC1. The molecule has 1 aliphatic heterocycles. The fourth-order valence-corrected chi connectivity index (χ4v) is 5.83. The summed E-state index contributed by atoms with van der Waals surface area (Å²) in [5.41, 5.74) is 9.79. The molecule has 1 fully saturated rings. The quantitative estimate of drug-likeness (QED) is 0.118. The Morgan fingerprint density at radius 1 is 0.915 bits per heavy atom. The number of carbonyl (C=O) groups excluding carboxylic acids is 2. The lowest BCUT2D eigenvalue weighted by Gasteiger charge is -2.29. The van der Waals surface area contributed by atoms with Crippen molar-refractivity contribution in [3.05, 3.63) is 101 Å². The molecular formula is C36H45N5O6. The van der Waals surface area contributed by atoms with E-state index in [1.165, 1.54) is 0 Å². The standard InChI is InChI=1S/C36H45N5O6/c1-36(2,3)46-35(43)40-29-17-15-28(16-18-29)39-34(37)41-21-26-14-19-30(20-27(26)22-41)44-23-31(47-38)33(42)45-32(24-10-6-4-7-11-24)25-12-8-5-9-13-25/h4-14,19-20,28-29,31-32H,15-18,21-23,38H2,1-3H3,(H2,37,39)(H,40,43)/t28?,29?,31-/m0/s1. The number of esters is 1. The van der Waals surface area contributed by atoms with Crippen molar-refractivity contribution in [2.75, 3.05) is 6.61 Å². The Kier molecular flexibility index (Phi) is 11.0. The molecule has 0 unspecified atom stereocenters. The van der Waals surface area contributed by atoms with E-state index in [4.69, 9.17) is 35.7 Å². The van der Waals surface area contributed by atoms with E-state index in [2.05, 4.69) is 5.32 Å². The fraction of sp³-hybridized carbons (Fsp3) is 0.417. The minimum Gasteiger partial charge on any atom is -0.490 e. The highest BCUT2D eigenvalue weighted by atomic mass is 16.7. The number of nitrogens with zero attached hydrogens (tertiary/aromatic N) is 2. The molecule has 2 aliphatic rings. The minimum absolute atomic E-state index is 0.0762. The van der Waals surface area contributed by atoms with Crippen molar-refractivity contribution in [1.82, 2.24) is 10.2 Å². The number of aliphatic imine (C=N–C) groups is 1. The van der Waals surface area contributed by atoms with Crippen molar-refractivity contribution in [3.8, 4) is 5.75 Å². The second-order valence-electron chi connectivity index (χ2n) is 13.0. The molecule has 5 N–H and O–H groups in total. The molecule has 0 bridgehead atoms. The van der Waals surface area contributed by atoms with Crippen LogP contribution in [0.1, 0.15) is 74.8 Å². The number of carbonyl (C=O) groups is 2. The van der Waals surface area contributed by atoms with Crippen LogP contribution < -0.4 is 21.7 Å². The Bertz CT molecular complexity index is 1480. The maximum Gasteiger partial charge on any atom is 0.407 e. The molecule has 1 atom stereocenters. The number of fused-ring (bicyclic) bond motifs is 1. The average Bonchev–Trinajstić information content (AvgIpc) is 3.49. The highest BCUT2D eigenvalue weighted by Crippen LogP contribution is 2.29. The molecule has 47 heavy (non-hydrogen) atoms. The summed E-state index contributed by atoms with van der Waals surface area (Å²) in [6.07, 6.45) is 1.18. The van der Waals surface area contributed by atoms with Crippen LogP contribution >= 0.6 is 0 Å². The summed E-state index contributed by atoms with van der Waals surface area (Å²) in [7, 11) is 0. The second kappa shape index (κ2) is 15.3. The molecule has 0 saturated heterocycles. The van der Waals surface area contributed by atoms with E-state index in [0.717, 1.165) is 47.9 Å². The second-order valence-corrected chi connectivity index (χ2v) is 13.0. The van der Waals surface area contributed by atoms with E-state index in [-0.39, 0.29) is 24.8 Å². The van der Waals surface area contributed by atoms with Crippen LogP contribution in [0.25, 0.3) is 0 Å². The summed E-state index contributed by atoms with van der Waals surface area (Å²) in [4.78, 5) is 37.1. The minimum atomic E-state index is -1.13. The molecule has 0 spiro atoms. The number of nitrogens with two attached hydrogens (primary N) is 2. The van der Waals surface area contributed by atoms with Crippen LogP contribution in [0, 0.1) is 0 Å². The molecule has 1 saturated carbocycles. The lowest BCUT2D eigenvalue weighted by Crippen LogP contribution is -2.42. The molecule has 1 amide bonds. The van der Waals surface area contributed by atoms with Crippen LogP contribution in [0.2, 0.25) is 0 Å². The Morgan fingerprint density at radius 3 is 2.13 bits per heavy atom. The molecule has 3 aromatic rings. The largest absolute Gasteiger partial charge is 0.490 e. The normalized spacial score (nSPS) is 18.7. The van der Waals surface area contributed by atoms with Crippen molar-refractivity contribution < 1.29 is 28.6 Å². The van der Waals surface area contributed by atoms with Gasteiger partial charge in [-0.2, -0.15) is 0 Å². The van der Waals surface area contributed by atoms with E-state index < -0.39 is 23.8 Å². The highest BCUT2D eigenvalue weighted by molar-refractivity contribution is 5.79. The Hall–Kier alpha value is -4.61. The van der Waals surface area contributed by atoms with Crippen LogP contribution in [0.5, 0.6) is 5.75 Å². The third kappa shape index (κ3) is 9.46. The monoisotopic (exact) mass is 643 g/mol. The van der Waals surface area contributed by atoms with Crippen LogP contribution in [-0.4, -0.2) is 53.3 Å². The molecule has 5 rings (SSSR count). The smallest absolute Gasteiger partial charge is 0.407 e. The summed E-state index contributed by atoms with van der Waals surface area (Å²) in [5.74, 6) is 5.97. The van der Waals surface area contributed by atoms with Gasteiger partial charge in [-0.05, 0) is 80.8 Å². The zero-order valence-corrected chi connectivity index (χ0v) is 27.3. The molecule has 3 aromatic carbocycles. The van der Waals surface area contributed by atoms with Gasteiger partial charge in [0, 0.05) is 19.1 Å². The van der Waals surface area contributed by atoms with Gasteiger partial charge in [-0.15, -0.1) is 0 Å². The molecule has 0 radical (unpaired) electrons. The van der Waals surface area contributed by atoms with Gasteiger partial charge in [-0.3, -0.25) is 4.84 Å². The van der Waals surface area contributed by atoms with Gasteiger partial charge in [0.05, 0.1) is 6.04 Å². The first-order valence-corrected chi connectivity index (χ1v) is 16.1. The number of rotatable bonds is 10. The number of guanidine groups is 1. The summed E-state index contributed by atoms with van der Waals surface area (Å²) in [5, 5.41) is 2.97. The molecule has 1 aliphatic carbocycles. The molecule has 0 aromatic heterocycles. The maximum atomic E-state index is 13.2. The number of hydrogen-bond donors (Lipinski definition) is 3. The third-order valence-corrected chi connectivity index (χ3v) is 8.22. The van der Waals surface area contributed by atoms with E-state index in [1.807, 2.05) is 105 Å². The van der Waals surface area contributed by atoms with Gasteiger partial charge < -0.3 is 30.2 Å². The first kappa shape index (κ1) is 33.7. The fourth-order valence-electron chi connectivity index (χ4n) is 5.83. The van der Waals surface area contributed by atoms with Gasteiger partial charge in [0.2, 0.25) is 6.10 Å². The topological polar surface area (TPSA) is 151 Å². The van der Waals surface area contributed by atoms with Gasteiger partial charge in [-0.25, -0.2) is 20.5 Å². The Balaban J connectivity index is 1.12. The van der Waals surface area contributed by atoms with Crippen molar-refractivity contribution >= 4 is 18.0 Å². The number of amides is 1. The van der Waals surface area contributed by atoms with E-state index in [9.17, 15) is 9.59 Å². The lowest BCUT2D eigenvalue weighted by molar-refractivity contribution is -0.163. The molecule has 1 heterocycles. The van der Waals surface area contributed by atoms with Crippen LogP contribution in [0.3, 0.4) is 0 Å². The Morgan fingerprint density at radius 2 is 1.53 bits per heavy atom. The van der Waals surface area contributed by atoms with Crippen molar-refractivity contribution in [2.24, 2.45) is 16.6 Å². The summed E-state index contributed by atoms with van der Waals surface area (Å²) < 4.78 is 17.2. The summed E-state index contributed by atoms with van der Waals surface area (Å²) in [6, 6.07) is 25.0. The van der Waals surface area contributed by atoms with Crippen molar-refractivity contribution in [3.63, 3.8) is 0 Å².